The number of aliphatic hydroxyl groups is 2. The number of carbonyl (C=O) groups is 1. The van der Waals surface area contributed by atoms with Gasteiger partial charge in [0.05, 0.1) is 6.61 Å². The minimum Gasteiger partial charge on any atom is -0.460 e. The summed E-state index contributed by atoms with van der Waals surface area (Å²) in [5.41, 5.74) is -1.61. The zero-order valence-corrected chi connectivity index (χ0v) is 26.6. The van der Waals surface area contributed by atoms with Crippen molar-refractivity contribution in [2.75, 3.05) is 6.61 Å². The van der Waals surface area contributed by atoms with Gasteiger partial charge in [0.1, 0.15) is 40.4 Å². The first kappa shape index (κ1) is 32.9. The van der Waals surface area contributed by atoms with E-state index >= 15 is 0 Å². The number of aromatic nitrogens is 2. The van der Waals surface area contributed by atoms with E-state index in [4.69, 9.17) is 18.5 Å². The van der Waals surface area contributed by atoms with E-state index in [9.17, 15) is 33.6 Å². The van der Waals surface area contributed by atoms with Gasteiger partial charge in [-0.3, -0.25) is 23.7 Å². The van der Waals surface area contributed by atoms with Gasteiger partial charge in [-0.1, -0.05) is 66.7 Å². The molecule has 6 atom stereocenters. The first-order valence-corrected chi connectivity index (χ1v) is 16.2. The average Bonchev–Trinajstić information content (AvgIpc) is 3.30. The van der Waals surface area contributed by atoms with Gasteiger partial charge in [0.2, 0.25) is 5.82 Å². The van der Waals surface area contributed by atoms with Crippen LogP contribution in [-0.4, -0.2) is 56.7 Å². The highest BCUT2D eigenvalue weighted by atomic mass is 127. The smallest absolute Gasteiger partial charge is 0.459 e. The van der Waals surface area contributed by atoms with Gasteiger partial charge in [0, 0.05) is 5.39 Å². The van der Waals surface area contributed by atoms with Crippen LogP contribution in [0.5, 0.6) is 5.75 Å². The fraction of sp³-hybridized carbons (Fsp3) is 0.276. The molecule has 1 aromatic heterocycles. The van der Waals surface area contributed by atoms with Crippen LogP contribution < -0.4 is 20.9 Å². The lowest BCUT2D eigenvalue weighted by molar-refractivity contribution is -0.146. The van der Waals surface area contributed by atoms with E-state index in [0.29, 0.717) is 9.95 Å². The van der Waals surface area contributed by atoms with Crippen molar-refractivity contribution in [2.24, 2.45) is 0 Å². The van der Waals surface area contributed by atoms with Gasteiger partial charge < -0.3 is 24.2 Å². The Morgan fingerprint density at radius 1 is 1.09 bits per heavy atom. The fourth-order valence-corrected chi connectivity index (χ4v) is 6.88. The second-order valence-corrected chi connectivity index (χ2v) is 12.8. The number of fused-ring (bicyclic) bond motifs is 1. The monoisotopic (exact) mass is 755 g/mol. The van der Waals surface area contributed by atoms with Crippen LogP contribution in [0.15, 0.2) is 82.4 Å². The van der Waals surface area contributed by atoms with Crippen molar-refractivity contribution in [1.29, 1.82) is 0 Å². The van der Waals surface area contributed by atoms with Crippen LogP contribution >= 0.6 is 30.3 Å². The highest BCUT2D eigenvalue weighted by molar-refractivity contribution is 14.1. The Balaban J connectivity index is 1.37. The molecule has 0 radical (unpaired) electrons. The summed E-state index contributed by atoms with van der Waals surface area (Å²) in [6.45, 7) is 0.689. The van der Waals surface area contributed by atoms with E-state index in [1.807, 2.05) is 24.3 Å². The lowest BCUT2D eigenvalue weighted by atomic mass is 10.1. The number of H-pyrrole nitrogens is 1. The Morgan fingerprint density at radius 3 is 2.53 bits per heavy atom. The average molecular weight is 755 g/mol. The summed E-state index contributed by atoms with van der Waals surface area (Å²) in [6.07, 6.45) is -6.51. The molecule has 16 heteroatoms. The van der Waals surface area contributed by atoms with Crippen molar-refractivity contribution in [3.63, 3.8) is 0 Å². The van der Waals surface area contributed by atoms with Gasteiger partial charge in [-0.05, 0) is 46.5 Å². The highest BCUT2D eigenvalue weighted by Crippen LogP contribution is 2.47. The SMILES string of the molecule is C[C@H](NP(=O)(OC[C@H]1O[C@@H](n2c(I)c(F)c(=O)[nH]c2=O)[C@H](O)[C@@H]1O)Oc1cccc2ccccc12)C(=O)OCc1ccccc1. The molecule has 4 N–H and O–H groups in total. The van der Waals surface area contributed by atoms with Crippen LogP contribution in [0.2, 0.25) is 0 Å². The van der Waals surface area contributed by atoms with Gasteiger partial charge in [0.15, 0.2) is 6.23 Å². The van der Waals surface area contributed by atoms with Gasteiger partial charge in [-0.2, -0.15) is 9.48 Å². The molecule has 4 aromatic rings. The molecule has 0 spiro atoms. The van der Waals surface area contributed by atoms with Gasteiger partial charge in [-0.15, -0.1) is 0 Å². The van der Waals surface area contributed by atoms with Gasteiger partial charge in [0.25, 0.3) is 5.56 Å². The number of esters is 1. The summed E-state index contributed by atoms with van der Waals surface area (Å²) in [5.74, 6) is -1.89. The number of benzene rings is 3. The summed E-state index contributed by atoms with van der Waals surface area (Å²) < 4.78 is 51.1. The lowest BCUT2D eigenvalue weighted by Gasteiger charge is -2.25. The first-order chi connectivity index (χ1) is 21.5. The van der Waals surface area contributed by atoms with Crippen LogP contribution in [0.3, 0.4) is 0 Å². The molecular formula is C29H28FIN3O10P. The Hall–Kier alpha value is -3.44. The molecule has 0 aliphatic carbocycles. The Labute approximate surface area is 268 Å². The molecule has 5 rings (SSSR count). The molecular weight excluding hydrogens is 727 g/mol. The Bertz CT molecular complexity index is 1850. The molecule has 1 aliphatic heterocycles. The predicted molar refractivity (Wildman–Crippen MR) is 167 cm³/mol. The van der Waals surface area contributed by atoms with E-state index in [0.717, 1.165) is 10.9 Å². The number of hydrogen-bond acceptors (Lipinski definition) is 10. The number of nitrogens with one attached hydrogen (secondary N) is 2. The number of carbonyl (C=O) groups excluding carboxylic acids is 1. The zero-order chi connectivity index (χ0) is 32.3. The summed E-state index contributed by atoms with van der Waals surface area (Å²) in [7, 11) is -4.48. The third-order valence-electron chi connectivity index (χ3n) is 6.93. The van der Waals surface area contributed by atoms with Crippen LogP contribution in [0.4, 0.5) is 4.39 Å². The highest BCUT2D eigenvalue weighted by Gasteiger charge is 2.46. The molecule has 0 amide bonds. The first-order valence-electron chi connectivity index (χ1n) is 13.6. The van der Waals surface area contributed by atoms with Crippen molar-refractivity contribution in [1.82, 2.24) is 14.6 Å². The summed E-state index contributed by atoms with van der Waals surface area (Å²) in [4.78, 5) is 38.7. The number of aromatic amines is 1. The van der Waals surface area contributed by atoms with Crippen LogP contribution in [-0.2, 0) is 30.0 Å². The topological polar surface area (TPSA) is 178 Å². The number of aliphatic hydroxyl groups excluding tert-OH is 2. The van der Waals surface area contributed by atoms with E-state index < -0.39 is 71.7 Å². The van der Waals surface area contributed by atoms with Crippen molar-refractivity contribution in [2.45, 2.75) is 44.1 Å². The quantitative estimate of drug-likeness (QED) is 0.0766. The van der Waals surface area contributed by atoms with Crippen LogP contribution in [0.25, 0.3) is 10.8 Å². The van der Waals surface area contributed by atoms with Crippen molar-refractivity contribution in [3.8, 4) is 5.75 Å². The maximum atomic E-state index is 14.3. The maximum Gasteiger partial charge on any atom is 0.459 e. The lowest BCUT2D eigenvalue weighted by Crippen LogP contribution is -2.41. The molecule has 3 aromatic carbocycles. The molecule has 45 heavy (non-hydrogen) atoms. The Kier molecular flexibility index (Phi) is 10.2. The van der Waals surface area contributed by atoms with Crippen LogP contribution in [0, 0.1) is 9.52 Å². The summed E-state index contributed by atoms with van der Waals surface area (Å²) in [6, 6.07) is 19.9. The molecule has 13 nitrogen and oxygen atoms in total. The number of rotatable bonds is 11. The summed E-state index contributed by atoms with van der Waals surface area (Å²) in [5, 5.41) is 25.3. The maximum absolute atomic E-state index is 14.3. The van der Waals surface area contributed by atoms with Crippen LogP contribution in [0.1, 0.15) is 18.7 Å². The third kappa shape index (κ3) is 7.35. The van der Waals surface area contributed by atoms with Crippen molar-refractivity contribution >= 4 is 47.1 Å². The molecule has 238 valence electrons. The standard InChI is InChI=1S/C29H28FIN3O10P/c1-16(28(38)41-14-17-8-3-2-4-9-17)33-45(40,44-20-13-7-11-18-10-5-6-12-19(18)20)42-15-21-23(35)24(36)27(43-21)34-25(31)22(30)26(37)32-29(34)39/h2-13,16,21,23-24,27,35-36H,14-15H2,1H3,(H,33,40)(H,32,37,39)/t16-,21+,23+,24+,27+,45?/m0/s1. The molecule has 1 unspecified atom stereocenters. The minimum atomic E-state index is -4.48. The third-order valence-corrected chi connectivity index (χ3v) is 9.55. The fourth-order valence-electron chi connectivity index (χ4n) is 4.62. The van der Waals surface area contributed by atoms with Gasteiger partial charge >= 0.3 is 19.4 Å². The Morgan fingerprint density at radius 2 is 1.78 bits per heavy atom. The number of ether oxygens (including phenoxy) is 2. The number of nitrogens with zero attached hydrogens (tertiary/aromatic N) is 1. The molecule has 0 bridgehead atoms. The summed E-state index contributed by atoms with van der Waals surface area (Å²) >= 11 is 1.40. The van der Waals surface area contributed by atoms with E-state index in [1.54, 1.807) is 53.5 Å². The van der Waals surface area contributed by atoms with E-state index in [-0.39, 0.29) is 12.4 Å². The second-order valence-electron chi connectivity index (χ2n) is 10.1. The molecule has 1 saturated heterocycles. The van der Waals surface area contributed by atoms with Crippen molar-refractivity contribution < 1.29 is 42.5 Å². The normalized spacial score (nSPS) is 21.7. The molecule has 1 fully saturated rings. The molecule has 1 aliphatic rings. The van der Waals surface area contributed by atoms with E-state index in [1.165, 1.54) is 29.5 Å². The minimum absolute atomic E-state index is 0.0358. The number of hydrogen-bond donors (Lipinski definition) is 4. The number of halogens is 2. The molecule has 2 heterocycles. The van der Waals surface area contributed by atoms with Gasteiger partial charge in [-0.25, -0.2) is 9.36 Å². The predicted octanol–water partition coefficient (Wildman–Crippen LogP) is 2.98. The zero-order valence-electron chi connectivity index (χ0n) is 23.5. The molecule has 0 saturated carbocycles. The van der Waals surface area contributed by atoms with Crippen molar-refractivity contribution in [3.05, 3.63) is 109 Å². The largest absolute Gasteiger partial charge is 0.460 e. The second kappa shape index (κ2) is 13.9. The van der Waals surface area contributed by atoms with E-state index in [2.05, 4.69) is 5.09 Å².